The van der Waals surface area contributed by atoms with Crippen LogP contribution in [0.1, 0.15) is 18.4 Å². The van der Waals surface area contributed by atoms with Crippen LogP contribution in [0.15, 0.2) is 84.0 Å². The van der Waals surface area contributed by atoms with E-state index in [0.717, 1.165) is 61.2 Å². The topological polar surface area (TPSA) is 96.5 Å². The summed E-state index contributed by atoms with van der Waals surface area (Å²) in [6.07, 6.45) is 3.82. The lowest BCUT2D eigenvalue weighted by Crippen LogP contribution is -2.32. The van der Waals surface area contributed by atoms with Gasteiger partial charge in [-0.2, -0.15) is 0 Å². The number of likely N-dealkylation sites (tertiary alicyclic amines) is 1. The van der Waals surface area contributed by atoms with Gasteiger partial charge in [-0.3, -0.25) is 4.72 Å². The van der Waals surface area contributed by atoms with Crippen molar-refractivity contribution in [3.8, 4) is 17.0 Å². The van der Waals surface area contributed by atoms with Gasteiger partial charge in [-0.15, -0.1) is 0 Å². The number of nitrogens with one attached hydrogen (secondary N) is 2. The number of benzene rings is 3. The number of nitrogens with zero attached hydrogens (tertiary/aromatic N) is 3. The number of rotatable bonds is 9. The van der Waals surface area contributed by atoms with Crippen LogP contribution in [0.3, 0.4) is 0 Å². The molecule has 2 heterocycles. The fraction of sp³-hybridized carbons (Fsp3) is 0.267. The molecule has 3 aromatic carbocycles. The second-order valence-corrected chi connectivity index (χ2v) is 11.7. The zero-order valence-electron chi connectivity index (χ0n) is 22.5. The molecule has 0 amide bonds. The summed E-state index contributed by atoms with van der Waals surface area (Å²) in [7, 11) is -1.89. The van der Waals surface area contributed by atoms with Crippen LogP contribution in [0.4, 0.5) is 21.6 Å². The molecule has 1 aromatic heterocycles. The summed E-state index contributed by atoms with van der Waals surface area (Å²) in [6, 6.07) is 19.8. The van der Waals surface area contributed by atoms with Crippen LogP contribution in [0.2, 0.25) is 0 Å². The molecule has 1 saturated heterocycles. The van der Waals surface area contributed by atoms with Gasteiger partial charge in [0.1, 0.15) is 28.6 Å². The van der Waals surface area contributed by atoms with Crippen molar-refractivity contribution in [2.45, 2.75) is 24.7 Å². The maximum absolute atomic E-state index is 14.0. The van der Waals surface area contributed by atoms with Crippen LogP contribution in [-0.4, -0.2) is 50.0 Å². The van der Waals surface area contributed by atoms with Crippen molar-refractivity contribution in [2.75, 3.05) is 36.8 Å². The molecule has 4 aromatic rings. The zero-order chi connectivity index (χ0) is 28.1. The highest BCUT2D eigenvalue weighted by Gasteiger charge is 2.19. The van der Waals surface area contributed by atoms with E-state index in [1.807, 2.05) is 25.1 Å². The van der Waals surface area contributed by atoms with E-state index >= 15 is 0 Å². The van der Waals surface area contributed by atoms with E-state index in [-0.39, 0.29) is 0 Å². The summed E-state index contributed by atoms with van der Waals surface area (Å²) in [5, 5.41) is 3.21. The Morgan fingerprint density at radius 3 is 2.42 bits per heavy atom. The molecule has 10 heteroatoms. The summed E-state index contributed by atoms with van der Waals surface area (Å²) >= 11 is 0. The summed E-state index contributed by atoms with van der Waals surface area (Å²) in [6.45, 7) is 5.01. The highest BCUT2D eigenvalue weighted by atomic mass is 32.2. The van der Waals surface area contributed by atoms with Gasteiger partial charge in [-0.25, -0.2) is 22.8 Å². The average molecular weight is 562 g/mol. The van der Waals surface area contributed by atoms with E-state index in [4.69, 9.17) is 4.74 Å². The molecule has 0 spiro atoms. The number of ether oxygens (including phenoxy) is 1. The van der Waals surface area contributed by atoms with Gasteiger partial charge >= 0.3 is 0 Å². The van der Waals surface area contributed by atoms with Crippen LogP contribution in [0.5, 0.6) is 5.75 Å². The first-order valence-corrected chi connectivity index (χ1v) is 14.6. The Kier molecular flexibility index (Phi) is 8.27. The monoisotopic (exact) mass is 561 g/mol. The molecule has 1 fully saturated rings. The van der Waals surface area contributed by atoms with Gasteiger partial charge in [0.05, 0.1) is 12.3 Å². The van der Waals surface area contributed by atoms with Crippen molar-refractivity contribution < 1.29 is 17.5 Å². The van der Waals surface area contributed by atoms with Gasteiger partial charge in [0.2, 0.25) is 0 Å². The van der Waals surface area contributed by atoms with E-state index in [2.05, 4.69) is 38.0 Å². The Morgan fingerprint density at radius 2 is 1.70 bits per heavy atom. The normalized spacial score (nSPS) is 14.6. The zero-order valence-corrected chi connectivity index (χ0v) is 23.3. The van der Waals surface area contributed by atoms with E-state index < -0.39 is 20.7 Å². The third kappa shape index (κ3) is 6.75. The number of piperidine rings is 1. The lowest BCUT2D eigenvalue weighted by molar-refractivity contribution is 0.159. The quantitative estimate of drug-likeness (QED) is 0.264. The van der Waals surface area contributed by atoms with Crippen molar-refractivity contribution in [3.63, 3.8) is 0 Å². The van der Waals surface area contributed by atoms with Crippen LogP contribution < -0.4 is 14.8 Å². The van der Waals surface area contributed by atoms with Crippen molar-refractivity contribution in [1.29, 1.82) is 0 Å². The van der Waals surface area contributed by atoms with E-state index in [1.54, 1.807) is 24.3 Å². The van der Waals surface area contributed by atoms with Crippen LogP contribution in [0, 0.1) is 18.7 Å². The van der Waals surface area contributed by atoms with Gasteiger partial charge in [0.25, 0.3) is 10.0 Å². The van der Waals surface area contributed by atoms with Crippen molar-refractivity contribution in [1.82, 2.24) is 14.9 Å². The van der Waals surface area contributed by atoms with Crippen LogP contribution >= 0.6 is 0 Å². The highest BCUT2D eigenvalue weighted by molar-refractivity contribution is 7.92. The number of aromatic nitrogens is 2. The molecule has 0 unspecified atom stereocenters. The molecular formula is C30H32FN5O3S. The number of halogens is 1. The number of aryl methyl sites for hydroxylation is 1. The Labute approximate surface area is 234 Å². The van der Waals surface area contributed by atoms with Gasteiger partial charge in [-0.05, 0) is 106 Å². The smallest absolute Gasteiger partial charge is 0.264 e. The van der Waals surface area contributed by atoms with Crippen LogP contribution in [0.25, 0.3) is 11.3 Å². The number of hydrogen-bond acceptors (Lipinski definition) is 7. The second kappa shape index (κ2) is 12.0. The standard InChI is InChI=1S/C30H32FN5O3S/c1-21-17-23(7-12-28(21)39-19-22-13-15-36(2)16-14-22)27-18-30(33-20-32-27)34-24-8-10-25(11-9-24)35-40(37,38)29-6-4-3-5-26(29)31/h3-12,17-18,20,22,35H,13-16,19H2,1-2H3,(H,32,33,34). The van der Waals surface area contributed by atoms with Gasteiger partial charge in [0, 0.05) is 23.0 Å². The first-order valence-electron chi connectivity index (χ1n) is 13.2. The molecule has 5 rings (SSSR count). The molecule has 0 saturated carbocycles. The SMILES string of the molecule is Cc1cc(-c2cc(Nc3ccc(NS(=O)(=O)c4ccccc4F)cc3)ncn2)ccc1OCC1CCN(C)CC1. The largest absolute Gasteiger partial charge is 0.493 e. The number of sulfonamides is 1. The lowest BCUT2D eigenvalue weighted by Gasteiger charge is -2.28. The molecule has 0 aliphatic carbocycles. The van der Waals surface area contributed by atoms with Gasteiger partial charge in [0.15, 0.2) is 0 Å². The molecule has 0 radical (unpaired) electrons. The lowest BCUT2D eigenvalue weighted by atomic mass is 9.98. The number of hydrogen-bond donors (Lipinski definition) is 2. The maximum atomic E-state index is 14.0. The third-order valence-corrected chi connectivity index (χ3v) is 8.40. The Balaban J connectivity index is 1.22. The van der Waals surface area contributed by atoms with Gasteiger partial charge < -0.3 is 15.0 Å². The third-order valence-electron chi connectivity index (χ3n) is 6.99. The Bertz CT molecular complexity index is 1570. The first-order chi connectivity index (χ1) is 19.3. The van der Waals surface area contributed by atoms with Crippen molar-refractivity contribution in [3.05, 3.63) is 90.5 Å². The fourth-order valence-electron chi connectivity index (χ4n) is 4.63. The molecule has 0 bridgehead atoms. The van der Waals surface area contributed by atoms with E-state index in [9.17, 15) is 12.8 Å². The summed E-state index contributed by atoms with van der Waals surface area (Å²) < 4.78 is 47.6. The minimum Gasteiger partial charge on any atom is -0.493 e. The summed E-state index contributed by atoms with van der Waals surface area (Å²) in [4.78, 5) is 10.7. The summed E-state index contributed by atoms with van der Waals surface area (Å²) in [5.41, 5.74) is 3.77. The molecule has 8 nitrogen and oxygen atoms in total. The average Bonchev–Trinajstić information content (AvgIpc) is 2.94. The minimum atomic E-state index is -4.05. The van der Waals surface area contributed by atoms with E-state index in [0.29, 0.717) is 23.1 Å². The van der Waals surface area contributed by atoms with Crippen molar-refractivity contribution >= 4 is 27.2 Å². The molecular weight excluding hydrogens is 529 g/mol. The predicted molar refractivity (Wildman–Crippen MR) is 155 cm³/mol. The molecule has 1 aliphatic heterocycles. The molecule has 1 aliphatic rings. The fourth-order valence-corrected chi connectivity index (χ4v) is 5.77. The molecule has 2 N–H and O–H groups in total. The first kappa shape index (κ1) is 27.5. The Hall–Kier alpha value is -4.02. The van der Waals surface area contributed by atoms with E-state index in [1.165, 1.54) is 24.5 Å². The molecule has 0 atom stereocenters. The van der Waals surface area contributed by atoms with Gasteiger partial charge in [-0.1, -0.05) is 12.1 Å². The van der Waals surface area contributed by atoms with Crippen molar-refractivity contribution in [2.24, 2.45) is 5.92 Å². The maximum Gasteiger partial charge on any atom is 0.264 e. The Morgan fingerprint density at radius 1 is 0.975 bits per heavy atom. The number of anilines is 3. The minimum absolute atomic E-state index is 0.311. The second-order valence-electron chi connectivity index (χ2n) is 10.1. The predicted octanol–water partition coefficient (Wildman–Crippen LogP) is 5.86. The summed E-state index contributed by atoms with van der Waals surface area (Å²) in [5.74, 6) is 1.26. The van der Waals surface area contributed by atoms with Crippen LogP contribution in [-0.2, 0) is 10.0 Å². The molecule has 40 heavy (non-hydrogen) atoms. The highest BCUT2D eigenvalue weighted by Crippen LogP contribution is 2.28. The molecule has 208 valence electrons.